The van der Waals surface area contributed by atoms with E-state index < -0.39 is 23.4 Å². The van der Waals surface area contributed by atoms with E-state index in [1.165, 1.54) is 17.7 Å². The number of carbonyl (C=O) groups is 1. The molecule has 0 bridgehead atoms. The van der Waals surface area contributed by atoms with Gasteiger partial charge < -0.3 is 20.7 Å². The van der Waals surface area contributed by atoms with Crippen LogP contribution in [0.4, 0.5) is 24.7 Å². The second-order valence-electron chi connectivity index (χ2n) is 10.8. The van der Waals surface area contributed by atoms with E-state index in [0.29, 0.717) is 59.5 Å². The second-order valence-corrected chi connectivity index (χ2v) is 10.8. The number of benzene rings is 1. The Bertz CT molecular complexity index is 1520. The summed E-state index contributed by atoms with van der Waals surface area (Å²) in [7, 11) is 3.16. The second kappa shape index (κ2) is 10.1. The molecule has 1 saturated heterocycles. The molecule has 1 aliphatic carbocycles. The molecule has 1 saturated carbocycles. The summed E-state index contributed by atoms with van der Waals surface area (Å²) in [5, 5.41) is 8.67. The van der Waals surface area contributed by atoms with Crippen molar-refractivity contribution in [1.82, 2.24) is 19.7 Å². The van der Waals surface area contributed by atoms with Crippen molar-refractivity contribution in [3.63, 3.8) is 0 Å². The molecule has 1 aromatic carbocycles. The normalized spacial score (nSPS) is 18.1. The number of nitrogen functional groups attached to an aromatic ring is 1. The molecular weight excluding hydrogens is 525 g/mol. The molecule has 1 aliphatic heterocycles. The van der Waals surface area contributed by atoms with Gasteiger partial charge in [0.2, 0.25) is 5.91 Å². The monoisotopic (exact) mass is 558 g/mol. The number of hydrogen-bond acceptors (Lipinski definition) is 7. The third kappa shape index (κ3) is 5.12. The third-order valence-electron chi connectivity index (χ3n) is 8.06. The molecule has 0 radical (unpaired) electrons. The van der Waals surface area contributed by atoms with Gasteiger partial charge in [-0.15, -0.1) is 0 Å². The molecule has 2 aromatic heterocycles. The first kappa shape index (κ1) is 27.9. The number of fused-ring (bicyclic) bond motifs is 1. The van der Waals surface area contributed by atoms with Gasteiger partial charge in [-0.05, 0) is 62.4 Å². The molecule has 3 aromatic rings. The molecule has 40 heavy (non-hydrogen) atoms. The molecule has 12 heteroatoms. The van der Waals surface area contributed by atoms with Gasteiger partial charge in [-0.2, -0.15) is 18.3 Å². The highest BCUT2D eigenvalue weighted by Gasteiger charge is 2.40. The molecule has 9 nitrogen and oxygen atoms in total. The van der Waals surface area contributed by atoms with Crippen LogP contribution in [0.1, 0.15) is 74.0 Å². The number of piperidine rings is 1. The predicted octanol–water partition coefficient (Wildman–Crippen LogP) is 4.46. The van der Waals surface area contributed by atoms with Crippen LogP contribution in [-0.4, -0.2) is 45.8 Å². The third-order valence-corrected chi connectivity index (χ3v) is 8.06. The van der Waals surface area contributed by atoms with Crippen molar-refractivity contribution in [2.45, 2.75) is 63.3 Å². The smallest absolute Gasteiger partial charge is 0.399 e. The summed E-state index contributed by atoms with van der Waals surface area (Å²) in [5.41, 5.74) is 5.58. The lowest BCUT2D eigenvalue weighted by Crippen LogP contribution is -2.46. The number of ether oxygens (including phenoxy) is 1. The van der Waals surface area contributed by atoms with E-state index in [2.05, 4.69) is 10.4 Å². The Morgan fingerprint density at radius 2 is 1.88 bits per heavy atom. The number of likely N-dealkylation sites (tertiary alicyclic amines) is 1. The van der Waals surface area contributed by atoms with Crippen LogP contribution in [-0.2, 0) is 28.4 Å². The number of nitrogens with two attached hydrogens (primary N) is 1. The van der Waals surface area contributed by atoms with Crippen molar-refractivity contribution in [2.75, 3.05) is 31.2 Å². The zero-order valence-electron chi connectivity index (χ0n) is 22.9. The molecule has 3 heterocycles. The molecular formula is C28H33F3N6O3. The van der Waals surface area contributed by atoms with Crippen molar-refractivity contribution >= 4 is 28.2 Å². The fourth-order valence-corrected chi connectivity index (χ4v) is 5.51. The van der Waals surface area contributed by atoms with E-state index in [-0.39, 0.29) is 23.1 Å². The van der Waals surface area contributed by atoms with Crippen LogP contribution < -0.4 is 16.6 Å². The predicted molar refractivity (Wildman–Crippen MR) is 145 cm³/mol. The number of aryl methyl sites for hydroxylation is 1. The molecule has 1 amide bonds. The van der Waals surface area contributed by atoms with Crippen LogP contribution in [0.5, 0.6) is 0 Å². The van der Waals surface area contributed by atoms with Crippen LogP contribution in [0, 0.1) is 0 Å². The average Bonchev–Trinajstić information content (AvgIpc) is 3.75. The first-order valence-electron chi connectivity index (χ1n) is 13.3. The van der Waals surface area contributed by atoms with Gasteiger partial charge in [0.1, 0.15) is 5.60 Å². The summed E-state index contributed by atoms with van der Waals surface area (Å²) in [6.07, 6.45) is -1.67. The first-order chi connectivity index (χ1) is 18.8. The minimum atomic E-state index is -4.54. The van der Waals surface area contributed by atoms with Gasteiger partial charge in [-0.3, -0.25) is 14.6 Å². The van der Waals surface area contributed by atoms with E-state index >= 15 is 0 Å². The summed E-state index contributed by atoms with van der Waals surface area (Å²) in [6.45, 7) is 4.27. The molecule has 5 rings (SSSR count). The van der Waals surface area contributed by atoms with E-state index in [4.69, 9.17) is 15.5 Å². The van der Waals surface area contributed by atoms with Gasteiger partial charge in [0, 0.05) is 51.2 Å². The van der Waals surface area contributed by atoms with Crippen molar-refractivity contribution < 1.29 is 22.7 Å². The van der Waals surface area contributed by atoms with Gasteiger partial charge >= 0.3 is 6.18 Å². The first-order valence-corrected chi connectivity index (χ1v) is 13.3. The summed E-state index contributed by atoms with van der Waals surface area (Å²) in [4.78, 5) is 32.1. The highest BCUT2D eigenvalue weighted by atomic mass is 19.4. The molecule has 0 spiro atoms. The number of carbonyl (C=O) groups excluding carboxylic acids is 1. The van der Waals surface area contributed by atoms with E-state index in [1.54, 1.807) is 32.0 Å². The Balaban J connectivity index is 1.62. The minimum Gasteiger partial charge on any atom is -0.399 e. The van der Waals surface area contributed by atoms with E-state index in [9.17, 15) is 22.8 Å². The van der Waals surface area contributed by atoms with Gasteiger partial charge in [0.15, 0.2) is 5.82 Å². The fourth-order valence-electron chi connectivity index (χ4n) is 5.51. The Labute approximate surface area is 229 Å². The highest BCUT2D eigenvalue weighted by Crippen LogP contribution is 2.45. The quantitative estimate of drug-likeness (QED) is 0.429. The maximum absolute atomic E-state index is 13.5. The van der Waals surface area contributed by atoms with Crippen LogP contribution in [0.15, 0.2) is 29.1 Å². The number of aromatic nitrogens is 3. The van der Waals surface area contributed by atoms with E-state index in [1.807, 2.05) is 0 Å². The van der Waals surface area contributed by atoms with Crippen molar-refractivity contribution in [1.29, 1.82) is 0 Å². The molecule has 0 unspecified atom stereocenters. The summed E-state index contributed by atoms with van der Waals surface area (Å²) < 4.78 is 47.7. The van der Waals surface area contributed by atoms with Gasteiger partial charge in [-0.1, -0.05) is 0 Å². The van der Waals surface area contributed by atoms with Crippen LogP contribution in [0.2, 0.25) is 0 Å². The number of nitrogens with zero attached hydrogens (tertiary/aromatic N) is 4. The number of halogens is 3. The molecule has 1 atom stereocenters. The van der Waals surface area contributed by atoms with Crippen LogP contribution in [0.3, 0.4) is 0 Å². The average molecular weight is 559 g/mol. The lowest BCUT2D eigenvalue weighted by molar-refractivity contribution is -0.137. The minimum absolute atomic E-state index is 0.00163. The molecule has 3 N–H and O–H groups in total. The molecule has 214 valence electrons. The number of pyridine rings is 1. The number of amides is 1. The Morgan fingerprint density at radius 1 is 1.20 bits per heavy atom. The fraction of sp³-hybridized carbons (Fsp3) is 0.500. The standard InChI is InChI=1S/C28H33F3N6O3/c1-15(18-11-19(28(29,30)31)13-20(32)12-18)33-25-21-14-22(27(40-4)7-9-37(10-8-27)16(2)38)34-24(17-5-6-17)23(21)26(39)36(3)35-25/h11-15,17H,5-10,32H2,1-4H3,(H,33,35)/t15-/m1/s1. The van der Waals surface area contributed by atoms with Gasteiger partial charge in [0.25, 0.3) is 5.56 Å². The van der Waals surface area contributed by atoms with Gasteiger partial charge in [0.05, 0.1) is 28.4 Å². The van der Waals surface area contributed by atoms with Crippen LogP contribution >= 0.6 is 0 Å². The van der Waals surface area contributed by atoms with E-state index in [0.717, 1.165) is 25.0 Å². The molecule has 2 fully saturated rings. The number of nitrogens with one attached hydrogen (secondary N) is 1. The Hall–Kier alpha value is -3.67. The van der Waals surface area contributed by atoms with Crippen molar-refractivity contribution in [3.8, 4) is 0 Å². The Kier molecular flexibility index (Phi) is 7.01. The molecule has 2 aliphatic rings. The summed E-state index contributed by atoms with van der Waals surface area (Å²) in [6, 6.07) is 4.63. The Morgan fingerprint density at radius 3 is 2.45 bits per heavy atom. The number of rotatable bonds is 6. The maximum Gasteiger partial charge on any atom is 0.416 e. The van der Waals surface area contributed by atoms with Crippen molar-refractivity contribution in [3.05, 3.63) is 57.1 Å². The SMILES string of the molecule is COC1(c2cc3c(N[C@H](C)c4cc(N)cc(C(F)(F)F)c4)nn(C)c(=O)c3c(C3CC3)n2)CCN(C(C)=O)CC1. The number of anilines is 2. The van der Waals surface area contributed by atoms with Crippen molar-refractivity contribution in [2.24, 2.45) is 7.05 Å². The zero-order chi connectivity index (χ0) is 29.0. The lowest BCUT2D eigenvalue weighted by atomic mass is 9.86. The maximum atomic E-state index is 13.5. The summed E-state index contributed by atoms with van der Waals surface area (Å²) in [5.74, 6) is 0.467. The summed E-state index contributed by atoms with van der Waals surface area (Å²) >= 11 is 0. The lowest BCUT2D eigenvalue weighted by Gasteiger charge is -2.40. The number of hydrogen-bond donors (Lipinski definition) is 2. The highest BCUT2D eigenvalue weighted by molar-refractivity contribution is 5.93. The van der Waals surface area contributed by atoms with Gasteiger partial charge in [-0.25, -0.2) is 4.68 Å². The topological polar surface area (TPSA) is 115 Å². The zero-order valence-corrected chi connectivity index (χ0v) is 22.9. The number of methoxy groups -OCH3 is 1. The largest absolute Gasteiger partial charge is 0.416 e. The van der Waals surface area contributed by atoms with Crippen LogP contribution in [0.25, 0.3) is 10.8 Å². The number of alkyl halides is 3.